The molecule has 0 spiro atoms. The second kappa shape index (κ2) is 5.69. The van der Waals surface area contributed by atoms with Crippen molar-refractivity contribution in [2.24, 2.45) is 0 Å². The molecule has 2 aromatic carbocycles. The normalized spacial score (nSPS) is 15.1. The van der Waals surface area contributed by atoms with Gasteiger partial charge in [0, 0.05) is 16.2 Å². The van der Waals surface area contributed by atoms with Crippen LogP contribution in [0.4, 0.5) is 0 Å². The molecule has 0 atom stereocenters. The van der Waals surface area contributed by atoms with E-state index in [0.29, 0.717) is 6.61 Å². The third-order valence-electron chi connectivity index (χ3n) is 2.67. The fourth-order valence-corrected chi connectivity index (χ4v) is 4.19. The van der Waals surface area contributed by atoms with Crippen LogP contribution >= 0.6 is 21.6 Å². The summed E-state index contributed by atoms with van der Waals surface area (Å²) in [6.07, 6.45) is 0. The first-order valence-electron chi connectivity index (χ1n) is 5.68. The van der Waals surface area contributed by atoms with Gasteiger partial charge in [-0.2, -0.15) is 4.89 Å². The van der Waals surface area contributed by atoms with Crippen LogP contribution in [0, 0.1) is 0 Å². The molecule has 18 heavy (non-hydrogen) atoms. The maximum absolute atomic E-state index is 4.80. The van der Waals surface area contributed by atoms with Crippen molar-refractivity contribution in [3.05, 3.63) is 59.7 Å². The largest absolute Gasteiger partial charge is 0.337 e. The van der Waals surface area contributed by atoms with Gasteiger partial charge in [-0.25, -0.2) is 0 Å². The zero-order valence-electron chi connectivity index (χ0n) is 9.67. The van der Waals surface area contributed by atoms with Gasteiger partial charge < -0.3 is 4.89 Å². The minimum absolute atomic E-state index is 0.580. The summed E-state index contributed by atoms with van der Waals surface area (Å²) in [5.41, 5.74) is 2.62. The maximum atomic E-state index is 4.80. The smallest absolute Gasteiger partial charge is 0.171 e. The quantitative estimate of drug-likeness (QED) is 0.522. The van der Waals surface area contributed by atoms with Crippen molar-refractivity contribution < 1.29 is 9.78 Å². The predicted molar refractivity (Wildman–Crippen MR) is 75.5 cm³/mol. The van der Waals surface area contributed by atoms with Crippen molar-refractivity contribution in [2.75, 3.05) is 0 Å². The Kier molecular flexibility index (Phi) is 3.78. The Labute approximate surface area is 114 Å². The summed E-state index contributed by atoms with van der Waals surface area (Å²) in [7, 11) is 3.80. The molecule has 0 saturated carbocycles. The molecule has 0 bridgehead atoms. The molecule has 92 valence electrons. The van der Waals surface area contributed by atoms with E-state index in [2.05, 4.69) is 24.3 Å². The third kappa shape index (κ3) is 2.66. The molecule has 2 aromatic rings. The van der Waals surface area contributed by atoms with Crippen molar-refractivity contribution in [1.82, 2.24) is 0 Å². The van der Waals surface area contributed by atoms with Crippen molar-refractivity contribution in [2.45, 2.75) is 17.3 Å². The van der Waals surface area contributed by atoms with Gasteiger partial charge in [-0.3, -0.25) is 0 Å². The van der Waals surface area contributed by atoms with Crippen LogP contribution in [0.1, 0.15) is 11.1 Å². The third-order valence-corrected chi connectivity index (χ3v) is 5.04. The molecule has 0 aliphatic carbocycles. The first-order chi connectivity index (χ1) is 8.93. The average molecular weight is 276 g/mol. The van der Waals surface area contributed by atoms with E-state index in [1.807, 2.05) is 45.9 Å². The second-order valence-corrected chi connectivity index (χ2v) is 6.24. The van der Waals surface area contributed by atoms with E-state index < -0.39 is 0 Å². The minimum Gasteiger partial charge on any atom is -0.337 e. The molecule has 2 nitrogen and oxygen atoms in total. The lowest BCUT2D eigenvalue weighted by Crippen LogP contribution is -1.80. The Morgan fingerprint density at radius 3 is 2.50 bits per heavy atom. The Balaban J connectivity index is 0.000000111. The fourth-order valence-electron chi connectivity index (χ4n) is 1.72. The molecule has 0 amide bonds. The van der Waals surface area contributed by atoms with E-state index in [9.17, 15) is 0 Å². The number of hydrogen-bond acceptors (Lipinski definition) is 4. The van der Waals surface area contributed by atoms with Crippen LogP contribution in [0.5, 0.6) is 5.75 Å². The van der Waals surface area contributed by atoms with Gasteiger partial charge in [0.15, 0.2) is 5.75 Å². The highest BCUT2D eigenvalue weighted by atomic mass is 33.1. The summed E-state index contributed by atoms with van der Waals surface area (Å²) >= 11 is 0. The molecule has 0 N–H and O–H groups in total. The molecule has 0 unspecified atom stereocenters. The van der Waals surface area contributed by atoms with Crippen molar-refractivity contribution in [3.63, 3.8) is 0 Å². The summed E-state index contributed by atoms with van der Waals surface area (Å²) < 4.78 is 0. The van der Waals surface area contributed by atoms with Gasteiger partial charge in [0.1, 0.15) is 6.61 Å². The monoisotopic (exact) mass is 276 g/mol. The van der Waals surface area contributed by atoms with Gasteiger partial charge in [0.05, 0.1) is 0 Å². The van der Waals surface area contributed by atoms with Crippen molar-refractivity contribution in [3.8, 4) is 5.75 Å². The van der Waals surface area contributed by atoms with Crippen LogP contribution in [0.3, 0.4) is 0 Å². The van der Waals surface area contributed by atoms with Gasteiger partial charge in [0.25, 0.3) is 0 Å². The van der Waals surface area contributed by atoms with E-state index in [0.717, 1.165) is 11.3 Å². The molecule has 4 rings (SSSR count). The van der Waals surface area contributed by atoms with E-state index in [1.165, 1.54) is 16.2 Å². The standard InChI is InChI=1S/C7H6O2.C7H6S2/c2*1-2-4-7-6(3-1)5-8-9-7/h2*1-4H,5H2. The number of hydrogen-bond donors (Lipinski definition) is 0. The SMILES string of the molecule is c1ccc2c(c1)COO2.c1ccc2c(c1)CSS2. The van der Waals surface area contributed by atoms with E-state index in [1.54, 1.807) is 0 Å². The molecular weight excluding hydrogens is 264 g/mol. The molecule has 2 aliphatic rings. The predicted octanol–water partition coefficient (Wildman–Crippen LogP) is 4.45. The average Bonchev–Trinajstić information content (AvgIpc) is 3.08. The highest BCUT2D eigenvalue weighted by Crippen LogP contribution is 2.43. The van der Waals surface area contributed by atoms with Crippen LogP contribution < -0.4 is 4.89 Å². The molecule has 2 aliphatic heterocycles. The molecule has 0 radical (unpaired) electrons. The summed E-state index contributed by atoms with van der Waals surface area (Å²) in [4.78, 5) is 11.0. The topological polar surface area (TPSA) is 18.5 Å². The highest BCUT2D eigenvalue weighted by molar-refractivity contribution is 8.76. The number of fused-ring (bicyclic) bond motifs is 2. The lowest BCUT2D eigenvalue weighted by molar-refractivity contribution is -0.194. The fraction of sp³-hybridized carbons (Fsp3) is 0.143. The maximum Gasteiger partial charge on any atom is 0.171 e. The molecule has 4 heteroatoms. The van der Waals surface area contributed by atoms with E-state index >= 15 is 0 Å². The Hall–Kier alpha value is -1.10. The molecule has 0 saturated heterocycles. The van der Waals surface area contributed by atoms with Crippen LogP contribution in [0.25, 0.3) is 0 Å². The van der Waals surface area contributed by atoms with Gasteiger partial charge in [0.2, 0.25) is 0 Å². The number of benzene rings is 2. The summed E-state index contributed by atoms with van der Waals surface area (Å²) in [5, 5.41) is 0. The van der Waals surface area contributed by atoms with Crippen molar-refractivity contribution >= 4 is 21.6 Å². The first kappa shape index (κ1) is 12.0. The summed E-state index contributed by atoms with van der Waals surface area (Å²) in [6.45, 7) is 0.580. The van der Waals surface area contributed by atoms with Gasteiger partial charge in [-0.1, -0.05) is 58.0 Å². The van der Waals surface area contributed by atoms with Gasteiger partial charge >= 0.3 is 0 Å². The Morgan fingerprint density at radius 1 is 0.889 bits per heavy atom. The van der Waals surface area contributed by atoms with Crippen LogP contribution in [0.15, 0.2) is 53.4 Å². The highest BCUT2D eigenvalue weighted by Gasteiger charge is 2.10. The minimum atomic E-state index is 0.580. The zero-order valence-corrected chi connectivity index (χ0v) is 11.3. The van der Waals surface area contributed by atoms with Gasteiger partial charge in [-0.15, -0.1) is 0 Å². The molecule has 0 aromatic heterocycles. The zero-order chi connectivity index (χ0) is 12.2. The lowest BCUT2D eigenvalue weighted by atomic mass is 10.2. The Bertz CT molecular complexity index is 447. The van der Waals surface area contributed by atoms with Crippen LogP contribution in [0.2, 0.25) is 0 Å². The summed E-state index contributed by atoms with van der Waals surface area (Å²) in [6, 6.07) is 16.3. The van der Waals surface area contributed by atoms with E-state index in [-0.39, 0.29) is 0 Å². The van der Waals surface area contributed by atoms with Crippen LogP contribution in [-0.2, 0) is 17.2 Å². The first-order valence-corrected chi connectivity index (χ1v) is 8.00. The molecular formula is C14H12O2S2. The second-order valence-electron chi connectivity index (χ2n) is 3.91. The summed E-state index contributed by atoms with van der Waals surface area (Å²) in [5.74, 6) is 2.03. The lowest BCUT2D eigenvalue weighted by Gasteiger charge is -1.90. The van der Waals surface area contributed by atoms with Crippen molar-refractivity contribution in [1.29, 1.82) is 0 Å². The van der Waals surface area contributed by atoms with Crippen LogP contribution in [-0.4, -0.2) is 0 Å². The molecule has 2 heterocycles. The Morgan fingerprint density at radius 2 is 1.67 bits per heavy atom. The number of para-hydroxylation sites is 1. The molecule has 0 fully saturated rings. The van der Waals surface area contributed by atoms with E-state index in [4.69, 9.17) is 9.78 Å². The van der Waals surface area contributed by atoms with Gasteiger partial charge in [-0.05, 0) is 17.7 Å². The number of rotatable bonds is 0.